The molecule has 0 aliphatic heterocycles. The minimum absolute atomic E-state index is 0.144. The average Bonchev–Trinajstić information content (AvgIpc) is 3.07. The van der Waals surface area contributed by atoms with Gasteiger partial charge in [-0.1, -0.05) is 18.2 Å². The second-order valence-electron chi connectivity index (χ2n) is 5.76. The third-order valence-electron chi connectivity index (χ3n) is 4.10. The summed E-state index contributed by atoms with van der Waals surface area (Å²) in [4.78, 5) is 21.3. The van der Waals surface area contributed by atoms with Crippen molar-refractivity contribution < 1.29 is 9.21 Å². The number of carbonyl (C=O) groups excluding carboxylic acids is 1. The summed E-state index contributed by atoms with van der Waals surface area (Å²) in [6.07, 6.45) is 1.68. The Balaban J connectivity index is 1.70. The van der Waals surface area contributed by atoms with E-state index in [9.17, 15) is 4.79 Å². The quantitative estimate of drug-likeness (QED) is 0.439. The molecule has 128 valence electrons. The van der Waals surface area contributed by atoms with Crippen LogP contribution in [0.5, 0.6) is 0 Å². The molecule has 0 bridgehead atoms. The number of anilines is 1. The van der Waals surface area contributed by atoms with Crippen LogP contribution in [0.15, 0.2) is 65.2 Å². The lowest BCUT2D eigenvalue weighted by molar-refractivity contribution is 0.102. The second-order valence-corrected chi connectivity index (χ2v) is 6.92. The largest absolute Gasteiger partial charge is 0.434 e. The van der Waals surface area contributed by atoms with Crippen LogP contribution in [0.25, 0.3) is 22.7 Å². The number of hydrogen-bond acceptors (Lipinski definition) is 4. The highest BCUT2D eigenvalue weighted by Gasteiger charge is 2.15. The number of amides is 1. The Morgan fingerprint density at radius 3 is 2.73 bits per heavy atom. The van der Waals surface area contributed by atoms with Crippen LogP contribution in [0.3, 0.4) is 0 Å². The van der Waals surface area contributed by atoms with Crippen molar-refractivity contribution in [3.63, 3.8) is 0 Å². The molecule has 5 nitrogen and oxygen atoms in total. The maximum absolute atomic E-state index is 12.6. The minimum atomic E-state index is -0.144. The van der Waals surface area contributed by atoms with Gasteiger partial charge >= 0.3 is 0 Å². The number of halogens is 1. The highest BCUT2D eigenvalue weighted by Crippen LogP contribution is 2.30. The molecule has 0 fully saturated rings. The summed E-state index contributed by atoms with van der Waals surface area (Å²) in [6, 6.07) is 16.8. The first-order valence-corrected chi connectivity index (χ1v) is 9.09. The zero-order valence-corrected chi connectivity index (χ0v) is 16.0. The number of hydrogen-bond donors (Lipinski definition) is 1. The molecule has 2 aromatic carbocycles. The zero-order chi connectivity index (χ0) is 18.1. The minimum Gasteiger partial charge on any atom is -0.434 e. The smallest absolute Gasteiger partial charge is 0.256 e. The molecule has 0 saturated carbocycles. The van der Waals surface area contributed by atoms with Gasteiger partial charge in [0.15, 0.2) is 11.2 Å². The van der Waals surface area contributed by atoms with Gasteiger partial charge in [-0.3, -0.25) is 4.79 Å². The fourth-order valence-corrected chi connectivity index (χ4v) is 3.35. The molecule has 0 spiro atoms. The number of fused-ring (bicyclic) bond motifs is 1. The first-order valence-electron chi connectivity index (χ1n) is 8.01. The van der Waals surface area contributed by atoms with E-state index in [0.717, 1.165) is 20.4 Å². The molecule has 0 atom stereocenters. The predicted octanol–water partition coefficient (Wildman–Crippen LogP) is 5.06. The predicted molar refractivity (Wildman–Crippen MR) is 109 cm³/mol. The van der Waals surface area contributed by atoms with Crippen molar-refractivity contribution in [2.24, 2.45) is 0 Å². The van der Waals surface area contributed by atoms with Crippen molar-refractivity contribution in [1.82, 2.24) is 9.97 Å². The second kappa shape index (κ2) is 6.87. The van der Waals surface area contributed by atoms with E-state index < -0.39 is 0 Å². The molecule has 0 unspecified atom stereocenters. The first kappa shape index (κ1) is 16.7. The number of benzene rings is 2. The van der Waals surface area contributed by atoms with Gasteiger partial charge in [-0.25, -0.2) is 4.98 Å². The van der Waals surface area contributed by atoms with Crippen molar-refractivity contribution in [2.45, 2.75) is 6.92 Å². The summed E-state index contributed by atoms with van der Waals surface area (Å²) in [6.45, 7) is 1.93. The number of rotatable bonds is 3. The van der Waals surface area contributed by atoms with Crippen LogP contribution >= 0.6 is 22.6 Å². The molecule has 6 heteroatoms. The molecule has 0 aliphatic rings. The third kappa shape index (κ3) is 3.08. The first-order chi connectivity index (χ1) is 12.6. The number of pyridine rings is 1. The molecule has 4 rings (SSSR count). The van der Waals surface area contributed by atoms with Crippen LogP contribution < -0.4 is 5.32 Å². The molecule has 1 amide bonds. The Labute approximate surface area is 163 Å². The van der Waals surface area contributed by atoms with Gasteiger partial charge in [-0.05, 0) is 71.5 Å². The normalized spacial score (nSPS) is 10.8. The molecule has 1 N–H and O–H groups in total. The van der Waals surface area contributed by atoms with Gasteiger partial charge in [-0.15, -0.1) is 0 Å². The number of nitrogens with one attached hydrogen (secondary N) is 1. The van der Waals surface area contributed by atoms with Crippen molar-refractivity contribution in [2.75, 3.05) is 5.32 Å². The van der Waals surface area contributed by atoms with E-state index in [2.05, 4.69) is 37.9 Å². The maximum atomic E-state index is 12.6. The van der Waals surface area contributed by atoms with E-state index >= 15 is 0 Å². The lowest BCUT2D eigenvalue weighted by Crippen LogP contribution is -2.14. The van der Waals surface area contributed by atoms with Crippen LogP contribution in [0.4, 0.5) is 5.69 Å². The van der Waals surface area contributed by atoms with Crippen LogP contribution in [0, 0.1) is 10.5 Å². The van der Waals surface area contributed by atoms with Crippen LogP contribution in [-0.2, 0) is 0 Å². The summed E-state index contributed by atoms with van der Waals surface area (Å²) in [5, 5.41) is 2.98. The van der Waals surface area contributed by atoms with Crippen molar-refractivity contribution >= 4 is 45.4 Å². The van der Waals surface area contributed by atoms with Gasteiger partial charge in [0.1, 0.15) is 0 Å². The van der Waals surface area contributed by atoms with E-state index in [1.165, 1.54) is 0 Å². The van der Waals surface area contributed by atoms with E-state index in [1.54, 1.807) is 6.20 Å². The Morgan fingerprint density at radius 2 is 1.92 bits per heavy atom. The van der Waals surface area contributed by atoms with Gasteiger partial charge in [0, 0.05) is 21.0 Å². The van der Waals surface area contributed by atoms with Gasteiger partial charge in [-0.2, -0.15) is 4.98 Å². The monoisotopic (exact) mass is 455 g/mol. The lowest BCUT2D eigenvalue weighted by atomic mass is 10.1. The standard InChI is InChI=1S/C20H14IN3O2/c1-12-13(20-24-18-17(26-20)10-5-11-22-18)7-4-9-16(12)23-19(25)14-6-2-3-8-15(14)21/h2-11H,1H3,(H,23,25). The SMILES string of the molecule is Cc1c(NC(=O)c2ccccc2I)cccc1-c1nc2ncccc2o1. The number of aromatic nitrogens is 2. The van der Waals surface area contributed by atoms with E-state index in [0.29, 0.717) is 22.7 Å². The molecular weight excluding hydrogens is 441 g/mol. The summed E-state index contributed by atoms with van der Waals surface area (Å²) < 4.78 is 6.72. The fourth-order valence-electron chi connectivity index (χ4n) is 2.72. The summed E-state index contributed by atoms with van der Waals surface area (Å²) in [5.74, 6) is 0.344. The molecule has 2 heterocycles. The molecule has 26 heavy (non-hydrogen) atoms. The molecule has 0 saturated heterocycles. The van der Waals surface area contributed by atoms with Gasteiger partial charge in [0.2, 0.25) is 5.89 Å². The van der Waals surface area contributed by atoms with E-state index in [1.807, 2.05) is 61.5 Å². The zero-order valence-electron chi connectivity index (χ0n) is 13.9. The molecule has 2 aromatic heterocycles. The van der Waals surface area contributed by atoms with Crippen LogP contribution in [0.1, 0.15) is 15.9 Å². The summed E-state index contributed by atoms with van der Waals surface area (Å²) >= 11 is 2.16. The highest BCUT2D eigenvalue weighted by atomic mass is 127. The summed E-state index contributed by atoms with van der Waals surface area (Å²) in [5.41, 5.74) is 4.28. The molecule has 4 aromatic rings. The van der Waals surface area contributed by atoms with Crippen molar-refractivity contribution in [3.8, 4) is 11.5 Å². The van der Waals surface area contributed by atoms with Gasteiger partial charge < -0.3 is 9.73 Å². The average molecular weight is 455 g/mol. The maximum Gasteiger partial charge on any atom is 0.256 e. The van der Waals surface area contributed by atoms with Gasteiger partial charge in [0.05, 0.1) is 5.56 Å². The van der Waals surface area contributed by atoms with E-state index in [-0.39, 0.29) is 5.91 Å². The van der Waals surface area contributed by atoms with Crippen molar-refractivity contribution in [1.29, 1.82) is 0 Å². The highest BCUT2D eigenvalue weighted by molar-refractivity contribution is 14.1. The van der Waals surface area contributed by atoms with Crippen molar-refractivity contribution in [3.05, 3.63) is 75.5 Å². The fraction of sp³-hybridized carbons (Fsp3) is 0.0500. The Hall–Kier alpha value is -2.74. The Kier molecular flexibility index (Phi) is 4.42. The number of nitrogens with zero attached hydrogens (tertiary/aromatic N) is 2. The topological polar surface area (TPSA) is 68.0 Å². The lowest BCUT2D eigenvalue weighted by Gasteiger charge is -2.11. The van der Waals surface area contributed by atoms with Crippen LogP contribution in [0.2, 0.25) is 0 Å². The molecule has 0 radical (unpaired) electrons. The van der Waals surface area contributed by atoms with E-state index in [4.69, 9.17) is 4.42 Å². The Bertz CT molecular complexity index is 1090. The molecular formula is C20H14IN3O2. The summed E-state index contributed by atoms with van der Waals surface area (Å²) in [7, 11) is 0. The number of carbonyl (C=O) groups is 1. The Morgan fingerprint density at radius 1 is 1.08 bits per heavy atom. The van der Waals surface area contributed by atoms with Gasteiger partial charge in [0.25, 0.3) is 5.91 Å². The third-order valence-corrected chi connectivity index (χ3v) is 5.04. The number of oxazole rings is 1. The molecule has 0 aliphatic carbocycles. The van der Waals surface area contributed by atoms with Crippen LogP contribution in [-0.4, -0.2) is 15.9 Å².